The van der Waals surface area contributed by atoms with E-state index in [2.05, 4.69) is 5.32 Å². The van der Waals surface area contributed by atoms with Crippen LogP contribution < -0.4 is 5.32 Å². The molecule has 6 heteroatoms. The number of dihydropyridines is 1. The highest BCUT2D eigenvalue weighted by Gasteiger charge is 2.39. The van der Waals surface area contributed by atoms with Crippen molar-refractivity contribution in [2.75, 3.05) is 7.11 Å². The Labute approximate surface area is 198 Å². The molecule has 0 aliphatic carbocycles. The van der Waals surface area contributed by atoms with Crippen LogP contribution in [0.1, 0.15) is 91.8 Å². The van der Waals surface area contributed by atoms with Crippen LogP contribution >= 0.6 is 0 Å². The maximum atomic E-state index is 13.3. The van der Waals surface area contributed by atoms with E-state index >= 15 is 0 Å². The van der Waals surface area contributed by atoms with Gasteiger partial charge in [0.25, 0.3) is 0 Å². The van der Waals surface area contributed by atoms with Crippen molar-refractivity contribution >= 4 is 11.9 Å². The molecule has 1 heterocycles. The van der Waals surface area contributed by atoms with Crippen LogP contribution in [-0.2, 0) is 29.9 Å². The van der Waals surface area contributed by atoms with Gasteiger partial charge in [0.2, 0.25) is 0 Å². The maximum Gasteiger partial charge on any atom is 0.337 e. The van der Waals surface area contributed by atoms with Gasteiger partial charge < -0.3 is 19.9 Å². The molecule has 33 heavy (non-hydrogen) atoms. The lowest BCUT2D eigenvalue weighted by Gasteiger charge is -2.33. The van der Waals surface area contributed by atoms with Gasteiger partial charge in [-0.15, -0.1) is 0 Å². The molecule has 0 saturated heterocycles. The minimum absolute atomic E-state index is 0.236. The van der Waals surface area contributed by atoms with Gasteiger partial charge in [0.15, 0.2) is 0 Å². The van der Waals surface area contributed by atoms with Crippen molar-refractivity contribution in [3.05, 3.63) is 51.4 Å². The Morgan fingerprint density at radius 3 is 1.70 bits per heavy atom. The number of hydrogen-bond acceptors (Lipinski definition) is 6. The van der Waals surface area contributed by atoms with E-state index in [4.69, 9.17) is 9.47 Å². The molecule has 0 spiro atoms. The highest BCUT2D eigenvalue weighted by atomic mass is 16.5. The van der Waals surface area contributed by atoms with Crippen molar-refractivity contribution < 1.29 is 24.2 Å². The third kappa shape index (κ3) is 5.43. The Bertz CT molecular complexity index is 981. The molecule has 0 aromatic heterocycles. The van der Waals surface area contributed by atoms with E-state index in [0.717, 1.165) is 16.7 Å². The molecule has 0 fully saturated rings. The van der Waals surface area contributed by atoms with E-state index in [-0.39, 0.29) is 22.7 Å². The van der Waals surface area contributed by atoms with E-state index in [1.54, 1.807) is 27.7 Å². The summed E-state index contributed by atoms with van der Waals surface area (Å²) in [6.45, 7) is 19.3. The van der Waals surface area contributed by atoms with Gasteiger partial charge in [-0.25, -0.2) is 9.59 Å². The van der Waals surface area contributed by atoms with Crippen molar-refractivity contribution in [1.82, 2.24) is 5.32 Å². The van der Waals surface area contributed by atoms with Gasteiger partial charge in [0.05, 0.1) is 30.3 Å². The quantitative estimate of drug-likeness (QED) is 0.593. The van der Waals surface area contributed by atoms with Crippen molar-refractivity contribution in [3.8, 4) is 5.75 Å². The second-order valence-electron chi connectivity index (χ2n) is 11.0. The normalized spacial score (nSPS) is 17.3. The fraction of sp³-hybridized carbons (Fsp3) is 0.556. The number of phenols is 1. The number of methoxy groups -OCH3 is 1. The van der Waals surface area contributed by atoms with Gasteiger partial charge in [0, 0.05) is 11.4 Å². The van der Waals surface area contributed by atoms with Crippen molar-refractivity contribution in [3.63, 3.8) is 0 Å². The summed E-state index contributed by atoms with van der Waals surface area (Å²) >= 11 is 0. The van der Waals surface area contributed by atoms with Crippen LogP contribution in [0, 0.1) is 0 Å². The first-order valence-electron chi connectivity index (χ1n) is 11.4. The number of carbonyl (C=O) groups excluding carboxylic acids is 2. The first-order valence-corrected chi connectivity index (χ1v) is 11.4. The lowest BCUT2D eigenvalue weighted by atomic mass is 9.73. The number of ether oxygens (including phenoxy) is 2. The number of rotatable bonds is 4. The number of phenolic OH excluding ortho intramolecular Hbond substituents is 1. The van der Waals surface area contributed by atoms with Crippen LogP contribution in [0.3, 0.4) is 0 Å². The smallest absolute Gasteiger partial charge is 0.337 e. The monoisotopic (exact) mass is 457 g/mol. The molecular formula is C27H39NO5. The van der Waals surface area contributed by atoms with Crippen LogP contribution in [0.15, 0.2) is 34.7 Å². The highest BCUT2D eigenvalue weighted by Crippen LogP contribution is 2.45. The summed E-state index contributed by atoms with van der Waals surface area (Å²) in [5, 5.41) is 14.3. The fourth-order valence-electron chi connectivity index (χ4n) is 4.22. The molecule has 1 unspecified atom stereocenters. The number of allylic oxidation sites excluding steroid dienone is 2. The van der Waals surface area contributed by atoms with Gasteiger partial charge in [-0.1, -0.05) is 53.7 Å². The maximum absolute atomic E-state index is 13.3. The predicted octanol–water partition coefficient (Wildman–Crippen LogP) is 5.35. The Kier molecular flexibility index (Phi) is 7.42. The van der Waals surface area contributed by atoms with Gasteiger partial charge in [-0.3, -0.25) is 0 Å². The molecule has 0 amide bonds. The molecule has 1 aliphatic rings. The largest absolute Gasteiger partial charge is 0.507 e. The Hall–Kier alpha value is -2.76. The summed E-state index contributed by atoms with van der Waals surface area (Å²) < 4.78 is 10.7. The minimum Gasteiger partial charge on any atom is -0.507 e. The summed E-state index contributed by atoms with van der Waals surface area (Å²) in [7, 11) is 1.33. The zero-order valence-corrected chi connectivity index (χ0v) is 21.9. The van der Waals surface area contributed by atoms with Crippen LogP contribution in [0.25, 0.3) is 0 Å². The highest BCUT2D eigenvalue weighted by molar-refractivity contribution is 6.00. The molecule has 1 aliphatic heterocycles. The molecular weight excluding hydrogens is 418 g/mol. The molecule has 6 nitrogen and oxygen atoms in total. The number of aromatic hydroxyl groups is 1. The van der Waals surface area contributed by atoms with E-state index in [1.807, 2.05) is 53.7 Å². The average molecular weight is 458 g/mol. The van der Waals surface area contributed by atoms with Crippen LogP contribution in [0.4, 0.5) is 0 Å². The van der Waals surface area contributed by atoms with Gasteiger partial charge in [-0.2, -0.15) is 0 Å². The van der Waals surface area contributed by atoms with E-state index in [0.29, 0.717) is 22.5 Å². The van der Waals surface area contributed by atoms with Gasteiger partial charge >= 0.3 is 11.9 Å². The summed E-state index contributed by atoms with van der Waals surface area (Å²) in [4.78, 5) is 26.2. The summed E-state index contributed by atoms with van der Waals surface area (Å²) in [6, 6.07) is 3.79. The molecule has 1 atom stereocenters. The third-order valence-corrected chi connectivity index (χ3v) is 5.81. The zero-order chi connectivity index (χ0) is 25.5. The Balaban J connectivity index is 2.95. The molecule has 2 N–H and O–H groups in total. The second kappa shape index (κ2) is 9.24. The number of benzene rings is 1. The van der Waals surface area contributed by atoms with E-state index in [1.165, 1.54) is 7.11 Å². The molecule has 0 radical (unpaired) electrons. The summed E-state index contributed by atoms with van der Waals surface area (Å²) in [5.74, 6) is -1.47. The average Bonchev–Trinajstić information content (AvgIpc) is 2.64. The van der Waals surface area contributed by atoms with Gasteiger partial charge in [-0.05, 0) is 55.2 Å². The second-order valence-corrected chi connectivity index (χ2v) is 11.0. The zero-order valence-electron chi connectivity index (χ0n) is 21.9. The first-order chi connectivity index (χ1) is 15.0. The minimum atomic E-state index is -0.701. The van der Waals surface area contributed by atoms with Crippen molar-refractivity contribution in [1.29, 1.82) is 0 Å². The Morgan fingerprint density at radius 2 is 1.33 bits per heavy atom. The van der Waals surface area contributed by atoms with Crippen LogP contribution in [0.5, 0.6) is 5.75 Å². The number of hydrogen-bond donors (Lipinski definition) is 2. The fourth-order valence-corrected chi connectivity index (χ4v) is 4.22. The summed E-state index contributed by atoms with van der Waals surface area (Å²) in [6.07, 6.45) is -0.317. The predicted molar refractivity (Wildman–Crippen MR) is 130 cm³/mol. The summed E-state index contributed by atoms with van der Waals surface area (Å²) in [5.41, 5.74) is 3.46. The molecule has 182 valence electrons. The van der Waals surface area contributed by atoms with Gasteiger partial charge in [0.1, 0.15) is 5.75 Å². The number of carbonyl (C=O) groups is 2. The number of nitrogens with one attached hydrogen (secondary N) is 1. The van der Waals surface area contributed by atoms with E-state index < -0.39 is 17.9 Å². The molecule has 0 bridgehead atoms. The molecule has 2 rings (SSSR count). The lowest BCUT2D eigenvalue weighted by molar-refractivity contribution is -0.143. The van der Waals surface area contributed by atoms with Crippen molar-refractivity contribution in [2.24, 2.45) is 0 Å². The van der Waals surface area contributed by atoms with Crippen molar-refractivity contribution in [2.45, 2.75) is 92.1 Å². The topological polar surface area (TPSA) is 84.9 Å². The standard InChI is InChI=1S/C27H39NO5/c1-14(2)33-25(31)21-16(4)28-15(3)20(24(30)32-11)22(21)17-12-18(26(5,6)7)23(29)19(13-17)27(8,9)10/h12-14,22,28-29H,1-11H3. The van der Waals surface area contributed by atoms with Crippen LogP contribution in [-0.4, -0.2) is 30.3 Å². The molecule has 1 aromatic carbocycles. The molecule has 1 aromatic rings. The first kappa shape index (κ1) is 26.5. The third-order valence-electron chi connectivity index (χ3n) is 5.81. The van der Waals surface area contributed by atoms with Crippen LogP contribution in [0.2, 0.25) is 0 Å². The lowest BCUT2D eigenvalue weighted by Crippen LogP contribution is -2.33. The number of esters is 2. The molecule has 0 saturated carbocycles. The SMILES string of the molecule is COC(=O)C1=C(C)NC(C)=C(C(=O)OC(C)C)C1c1cc(C(C)(C)C)c(O)c(C(C)(C)C)c1. The Morgan fingerprint density at radius 1 is 0.909 bits per heavy atom. The van der Waals surface area contributed by atoms with E-state index in [9.17, 15) is 14.7 Å².